The SMILES string of the molecule is CC1CCC(C)N1c1c(N[C@@H](Cc2ccc(Nc3nc(-c4ccc(F)cc4)cc4ccccc34)cc2)C(=O)O)c(=O)c1=O. The molecule has 1 saturated heterocycles. The second-order valence-corrected chi connectivity index (χ2v) is 11.2. The summed E-state index contributed by atoms with van der Waals surface area (Å²) in [7, 11) is 0. The van der Waals surface area contributed by atoms with Crippen LogP contribution in [0.3, 0.4) is 0 Å². The molecule has 1 fully saturated rings. The first kappa shape index (κ1) is 28.1. The van der Waals surface area contributed by atoms with E-state index in [0.29, 0.717) is 17.2 Å². The molecule has 0 amide bonds. The Morgan fingerprint density at radius 3 is 2.33 bits per heavy atom. The van der Waals surface area contributed by atoms with Gasteiger partial charge in [-0.3, -0.25) is 9.59 Å². The summed E-state index contributed by atoms with van der Waals surface area (Å²) in [6.07, 6.45) is 1.92. The van der Waals surface area contributed by atoms with E-state index >= 15 is 0 Å². The van der Waals surface area contributed by atoms with Gasteiger partial charge < -0.3 is 20.6 Å². The average Bonchev–Trinajstić information content (AvgIpc) is 3.33. The number of hydrogen-bond acceptors (Lipinski definition) is 7. The van der Waals surface area contributed by atoms with Crippen molar-refractivity contribution in [3.8, 4) is 11.3 Å². The highest BCUT2D eigenvalue weighted by atomic mass is 19.1. The van der Waals surface area contributed by atoms with Crippen LogP contribution >= 0.6 is 0 Å². The van der Waals surface area contributed by atoms with Crippen LogP contribution in [-0.4, -0.2) is 34.2 Å². The second-order valence-electron chi connectivity index (χ2n) is 11.2. The number of carbonyl (C=O) groups is 1. The smallest absolute Gasteiger partial charge is 0.326 e. The monoisotopic (exact) mass is 578 g/mol. The summed E-state index contributed by atoms with van der Waals surface area (Å²) in [4.78, 5) is 43.9. The molecule has 0 radical (unpaired) electrons. The number of benzene rings is 3. The molecule has 2 heterocycles. The highest BCUT2D eigenvalue weighted by molar-refractivity contribution is 5.96. The highest BCUT2D eigenvalue weighted by Gasteiger charge is 2.36. The third kappa shape index (κ3) is 5.46. The largest absolute Gasteiger partial charge is 0.480 e. The Balaban J connectivity index is 1.22. The number of carboxylic acid groups (broad SMARTS) is 1. The van der Waals surface area contributed by atoms with Crippen molar-refractivity contribution >= 4 is 39.6 Å². The lowest BCUT2D eigenvalue weighted by Gasteiger charge is -2.32. The maximum atomic E-state index is 13.5. The number of fused-ring (bicyclic) bond motifs is 1. The number of nitrogens with one attached hydrogen (secondary N) is 2. The molecule has 2 unspecified atom stereocenters. The minimum atomic E-state index is -1.11. The van der Waals surface area contributed by atoms with Gasteiger partial charge in [-0.1, -0.05) is 36.4 Å². The standard InChI is InChI=1S/C34H31FN4O4/c1-19-7-8-20(2)39(19)30-29(31(40)32(30)41)37-28(34(42)43)17-21-9-15-25(16-10-21)36-33-26-6-4-3-5-23(26)18-27(38-33)22-11-13-24(35)14-12-22/h3-6,9-16,18-20,28,37H,7-8,17H2,1-2H3,(H,36,38)(H,42,43)/t19?,20?,28-/m0/s1. The van der Waals surface area contributed by atoms with Crippen LogP contribution in [0.15, 0.2) is 88.5 Å². The van der Waals surface area contributed by atoms with Gasteiger partial charge in [0.25, 0.3) is 10.9 Å². The van der Waals surface area contributed by atoms with Crippen LogP contribution in [-0.2, 0) is 11.2 Å². The zero-order chi connectivity index (χ0) is 30.2. The molecule has 0 aliphatic carbocycles. The Labute approximate surface area is 247 Å². The van der Waals surface area contributed by atoms with Crippen molar-refractivity contribution in [2.24, 2.45) is 0 Å². The van der Waals surface area contributed by atoms with Gasteiger partial charge in [0.2, 0.25) is 0 Å². The minimum Gasteiger partial charge on any atom is -0.480 e. The van der Waals surface area contributed by atoms with Crippen LogP contribution in [0.25, 0.3) is 22.0 Å². The number of rotatable bonds is 9. The maximum absolute atomic E-state index is 13.5. The zero-order valence-corrected chi connectivity index (χ0v) is 23.8. The van der Waals surface area contributed by atoms with Gasteiger partial charge >= 0.3 is 5.97 Å². The molecule has 43 heavy (non-hydrogen) atoms. The molecular formula is C34H31FN4O4. The number of hydrogen-bond donors (Lipinski definition) is 3. The van der Waals surface area contributed by atoms with Crippen molar-refractivity contribution in [3.05, 3.63) is 111 Å². The van der Waals surface area contributed by atoms with Gasteiger partial charge in [0.1, 0.15) is 29.1 Å². The van der Waals surface area contributed by atoms with Crippen molar-refractivity contribution in [1.29, 1.82) is 0 Å². The predicted octanol–water partition coefficient (Wildman–Crippen LogP) is 5.87. The first-order valence-corrected chi connectivity index (χ1v) is 14.3. The van der Waals surface area contributed by atoms with Gasteiger partial charge in [0, 0.05) is 35.1 Å². The predicted molar refractivity (Wildman–Crippen MR) is 168 cm³/mol. The number of pyridine rings is 1. The van der Waals surface area contributed by atoms with Crippen molar-refractivity contribution in [1.82, 2.24) is 4.98 Å². The third-order valence-electron chi connectivity index (χ3n) is 8.25. The molecule has 1 aromatic heterocycles. The van der Waals surface area contributed by atoms with Crippen LogP contribution in [0.1, 0.15) is 32.3 Å². The lowest BCUT2D eigenvalue weighted by Crippen LogP contribution is -2.48. The number of anilines is 4. The Bertz CT molecular complexity index is 1870. The van der Waals surface area contributed by atoms with E-state index in [9.17, 15) is 23.9 Å². The summed E-state index contributed by atoms with van der Waals surface area (Å²) in [5.41, 5.74) is 2.14. The quantitative estimate of drug-likeness (QED) is 0.186. The molecule has 8 nitrogen and oxygen atoms in total. The summed E-state index contributed by atoms with van der Waals surface area (Å²) in [5.74, 6) is -0.797. The number of aliphatic carboxylic acids is 1. The second kappa shape index (κ2) is 11.3. The summed E-state index contributed by atoms with van der Waals surface area (Å²) in [5, 5.41) is 18.1. The lowest BCUT2D eigenvalue weighted by atomic mass is 10.0. The Morgan fingerprint density at radius 1 is 0.977 bits per heavy atom. The molecule has 9 heteroatoms. The van der Waals surface area contributed by atoms with Gasteiger partial charge in [-0.05, 0) is 80.1 Å². The average molecular weight is 579 g/mol. The molecule has 3 atom stereocenters. The van der Waals surface area contributed by atoms with E-state index in [2.05, 4.69) is 10.6 Å². The van der Waals surface area contributed by atoms with Gasteiger partial charge in [-0.15, -0.1) is 0 Å². The van der Waals surface area contributed by atoms with E-state index in [-0.39, 0.29) is 30.0 Å². The minimum absolute atomic E-state index is 0.0928. The van der Waals surface area contributed by atoms with Crippen molar-refractivity contribution < 1.29 is 14.3 Å². The van der Waals surface area contributed by atoms with E-state index in [1.54, 1.807) is 12.1 Å². The summed E-state index contributed by atoms with van der Waals surface area (Å²) < 4.78 is 13.5. The van der Waals surface area contributed by atoms with Crippen LogP contribution < -0.4 is 26.4 Å². The number of nitrogens with zero attached hydrogens (tertiary/aromatic N) is 2. The molecular weight excluding hydrogens is 547 g/mol. The van der Waals surface area contributed by atoms with E-state index in [4.69, 9.17) is 4.98 Å². The first-order chi connectivity index (χ1) is 20.7. The van der Waals surface area contributed by atoms with E-state index in [1.807, 2.05) is 73.3 Å². The molecule has 0 bridgehead atoms. The van der Waals surface area contributed by atoms with E-state index < -0.39 is 22.9 Å². The summed E-state index contributed by atoms with van der Waals surface area (Å²) in [6, 6.07) is 22.4. The summed E-state index contributed by atoms with van der Waals surface area (Å²) in [6.45, 7) is 4.01. The van der Waals surface area contributed by atoms with Crippen LogP contribution in [0.5, 0.6) is 0 Å². The third-order valence-corrected chi connectivity index (χ3v) is 8.25. The fraction of sp³-hybridized carbons (Fsp3) is 0.235. The molecule has 1 aliphatic heterocycles. The van der Waals surface area contributed by atoms with E-state index in [1.165, 1.54) is 12.1 Å². The fourth-order valence-electron chi connectivity index (χ4n) is 5.93. The van der Waals surface area contributed by atoms with Gasteiger partial charge in [-0.2, -0.15) is 0 Å². The normalized spacial score (nSPS) is 17.3. The fourth-order valence-corrected chi connectivity index (χ4v) is 5.93. The number of halogens is 1. The molecule has 0 saturated carbocycles. The van der Waals surface area contributed by atoms with Crippen LogP contribution in [0.2, 0.25) is 0 Å². The highest BCUT2D eigenvalue weighted by Crippen LogP contribution is 2.33. The molecule has 1 aliphatic rings. The van der Waals surface area contributed by atoms with Crippen LogP contribution in [0.4, 0.5) is 27.3 Å². The topological polar surface area (TPSA) is 112 Å². The number of aromatic nitrogens is 1. The molecule has 5 aromatic rings. The summed E-state index contributed by atoms with van der Waals surface area (Å²) >= 11 is 0. The van der Waals surface area contributed by atoms with Gasteiger partial charge in [0.05, 0.1) is 5.69 Å². The van der Waals surface area contributed by atoms with Gasteiger partial charge in [-0.25, -0.2) is 14.2 Å². The molecule has 4 aromatic carbocycles. The van der Waals surface area contributed by atoms with Crippen LogP contribution in [0, 0.1) is 5.82 Å². The lowest BCUT2D eigenvalue weighted by molar-refractivity contribution is -0.137. The first-order valence-electron chi connectivity index (χ1n) is 14.3. The van der Waals surface area contributed by atoms with Gasteiger partial charge in [0.15, 0.2) is 0 Å². The number of carboxylic acids is 1. The molecule has 0 spiro atoms. The molecule has 6 rings (SSSR count). The van der Waals surface area contributed by atoms with E-state index in [0.717, 1.165) is 40.4 Å². The molecule has 218 valence electrons. The Kier molecular flexibility index (Phi) is 7.39. The Hall–Kier alpha value is -5.05. The van der Waals surface area contributed by atoms with Crippen molar-refractivity contribution in [3.63, 3.8) is 0 Å². The van der Waals surface area contributed by atoms with Crippen molar-refractivity contribution in [2.45, 2.75) is 51.2 Å². The van der Waals surface area contributed by atoms with Crippen molar-refractivity contribution in [2.75, 3.05) is 15.5 Å². The zero-order valence-electron chi connectivity index (χ0n) is 23.8. The molecule has 3 N–H and O–H groups in total. The maximum Gasteiger partial charge on any atom is 0.326 e. The Morgan fingerprint density at radius 2 is 1.65 bits per heavy atom.